The molecule has 3 aromatic rings. The fourth-order valence-electron chi connectivity index (χ4n) is 2.60. The number of nitrogens with one attached hydrogen (secondary N) is 1. The average molecular weight is 379 g/mol. The lowest BCUT2D eigenvalue weighted by Crippen LogP contribution is -2.30. The molecule has 0 fully saturated rings. The molecular weight excluding hydrogens is 358 g/mol. The van der Waals surface area contributed by atoms with Crippen molar-refractivity contribution < 1.29 is 9.59 Å². The largest absolute Gasteiger partial charge is 0.339 e. The number of hydrogen-bond donors (Lipinski definition) is 1. The van der Waals surface area contributed by atoms with Gasteiger partial charge < -0.3 is 10.2 Å². The van der Waals surface area contributed by atoms with Gasteiger partial charge in [-0.25, -0.2) is 4.98 Å². The first kappa shape index (κ1) is 18.8. The highest BCUT2D eigenvalue weighted by atomic mass is 32.1. The van der Waals surface area contributed by atoms with E-state index in [2.05, 4.69) is 10.3 Å². The molecule has 0 unspecified atom stereocenters. The summed E-state index contributed by atoms with van der Waals surface area (Å²) in [4.78, 5) is 30.6. The minimum Gasteiger partial charge on any atom is -0.339 e. The van der Waals surface area contributed by atoms with E-state index in [1.54, 1.807) is 18.4 Å². The van der Waals surface area contributed by atoms with Crippen LogP contribution in [0.1, 0.15) is 17.7 Å². The van der Waals surface area contributed by atoms with Crippen molar-refractivity contribution in [3.8, 4) is 10.6 Å². The van der Waals surface area contributed by atoms with Crippen LogP contribution >= 0.6 is 11.3 Å². The molecule has 0 spiro atoms. The third-order valence-corrected chi connectivity index (χ3v) is 5.07. The van der Waals surface area contributed by atoms with Crippen molar-refractivity contribution in [2.75, 3.05) is 12.4 Å². The molecule has 0 aliphatic carbocycles. The number of carbonyl (C=O) groups excluding carboxylic acids is 2. The van der Waals surface area contributed by atoms with E-state index >= 15 is 0 Å². The third-order valence-electron chi connectivity index (χ3n) is 4.13. The summed E-state index contributed by atoms with van der Waals surface area (Å²) in [5, 5.41) is 5.65. The fourth-order valence-corrected chi connectivity index (χ4v) is 3.42. The molecule has 6 heteroatoms. The number of hydrogen-bond acceptors (Lipinski definition) is 4. The predicted octanol–water partition coefficient (Wildman–Crippen LogP) is 4.11. The fraction of sp³-hybridized carbons (Fsp3) is 0.190. The van der Waals surface area contributed by atoms with Crippen molar-refractivity contribution in [1.29, 1.82) is 0 Å². The number of benzene rings is 2. The summed E-state index contributed by atoms with van der Waals surface area (Å²) in [6.45, 7) is 2.29. The summed E-state index contributed by atoms with van der Waals surface area (Å²) < 4.78 is 0. The van der Waals surface area contributed by atoms with Crippen LogP contribution in [0, 0.1) is 6.92 Å². The van der Waals surface area contributed by atoms with Gasteiger partial charge in [0.05, 0.1) is 12.2 Å². The van der Waals surface area contributed by atoms with E-state index in [1.807, 2.05) is 66.9 Å². The average Bonchev–Trinajstić information content (AvgIpc) is 3.13. The lowest BCUT2D eigenvalue weighted by atomic mass is 10.2. The number of carbonyl (C=O) groups is 2. The second-order valence-corrected chi connectivity index (χ2v) is 7.16. The molecule has 0 aliphatic heterocycles. The maximum Gasteiger partial charge on any atom is 0.233 e. The summed E-state index contributed by atoms with van der Waals surface area (Å²) in [5.41, 5.74) is 3.56. The Bertz CT molecular complexity index is 937. The Morgan fingerprint density at radius 3 is 2.52 bits per heavy atom. The molecule has 1 N–H and O–H groups in total. The van der Waals surface area contributed by atoms with Gasteiger partial charge in [0, 0.05) is 23.7 Å². The first-order chi connectivity index (χ1) is 13.0. The van der Waals surface area contributed by atoms with E-state index in [4.69, 9.17) is 0 Å². The van der Waals surface area contributed by atoms with Gasteiger partial charge in [0.2, 0.25) is 11.8 Å². The molecular formula is C21H21N3O2S. The van der Waals surface area contributed by atoms with Crippen molar-refractivity contribution in [2.45, 2.75) is 19.9 Å². The van der Waals surface area contributed by atoms with Crippen molar-refractivity contribution >= 4 is 28.8 Å². The molecule has 27 heavy (non-hydrogen) atoms. The molecule has 0 bridgehead atoms. The van der Waals surface area contributed by atoms with Gasteiger partial charge in [0.25, 0.3) is 0 Å². The van der Waals surface area contributed by atoms with Gasteiger partial charge in [-0.05, 0) is 18.6 Å². The van der Waals surface area contributed by atoms with Gasteiger partial charge in [-0.15, -0.1) is 11.3 Å². The van der Waals surface area contributed by atoms with Crippen LogP contribution in [-0.2, 0) is 16.1 Å². The van der Waals surface area contributed by atoms with Gasteiger partial charge in [0.1, 0.15) is 11.4 Å². The van der Waals surface area contributed by atoms with E-state index in [1.165, 1.54) is 4.90 Å². The number of nitrogens with zero attached hydrogens (tertiary/aromatic N) is 2. The van der Waals surface area contributed by atoms with Crippen LogP contribution in [0.4, 0.5) is 5.69 Å². The van der Waals surface area contributed by atoms with E-state index in [0.717, 1.165) is 27.5 Å². The number of amides is 2. The standard InChI is InChI=1S/C21H21N3O2S/c1-15-8-6-7-11-18(15)23-19(25)12-20(26)24(2)13-17-14-27-21(22-17)16-9-4-3-5-10-16/h3-11,14H,12-13H2,1-2H3,(H,23,25). The Hall–Kier alpha value is -2.99. The molecule has 0 atom stereocenters. The molecule has 1 heterocycles. The van der Waals surface area contributed by atoms with E-state index in [0.29, 0.717) is 6.54 Å². The monoisotopic (exact) mass is 379 g/mol. The number of para-hydroxylation sites is 1. The number of aryl methyl sites for hydroxylation is 1. The van der Waals surface area contributed by atoms with Gasteiger partial charge in [-0.2, -0.15) is 0 Å². The van der Waals surface area contributed by atoms with E-state index < -0.39 is 0 Å². The second kappa shape index (κ2) is 8.60. The van der Waals surface area contributed by atoms with Gasteiger partial charge in [0.15, 0.2) is 0 Å². The van der Waals surface area contributed by atoms with Crippen LogP contribution in [0.3, 0.4) is 0 Å². The lowest BCUT2D eigenvalue weighted by Gasteiger charge is -2.16. The summed E-state index contributed by atoms with van der Waals surface area (Å²) in [7, 11) is 1.69. The van der Waals surface area contributed by atoms with Crippen LogP contribution in [-0.4, -0.2) is 28.7 Å². The highest BCUT2D eigenvalue weighted by Crippen LogP contribution is 2.23. The van der Waals surface area contributed by atoms with Crippen LogP contribution in [0.2, 0.25) is 0 Å². The summed E-state index contributed by atoms with van der Waals surface area (Å²) in [6.07, 6.45) is -0.194. The summed E-state index contributed by atoms with van der Waals surface area (Å²) in [6, 6.07) is 17.4. The zero-order valence-corrected chi connectivity index (χ0v) is 16.1. The Labute approximate surface area is 162 Å². The minimum atomic E-state index is -0.315. The molecule has 138 valence electrons. The maximum absolute atomic E-state index is 12.4. The van der Waals surface area contributed by atoms with Gasteiger partial charge in [-0.3, -0.25) is 9.59 Å². The normalized spacial score (nSPS) is 10.4. The first-order valence-corrected chi connectivity index (χ1v) is 9.50. The third kappa shape index (κ3) is 5.01. The molecule has 3 rings (SSSR count). The lowest BCUT2D eigenvalue weighted by molar-refractivity contribution is -0.134. The van der Waals surface area contributed by atoms with Crippen LogP contribution < -0.4 is 5.32 Å². The maximum atomic E-state index is 12.4. The molecule has 0 saturated carbocycles. The highest BCUT2D eigenvalue weighted by Gasteiger charge is 2.16. The van der Waals surface area contributed by atoms with Crippen molar-refractivity contribution in [3.63, 3.8) is 0 Å². The van der Waals surface area contributed by atoms with Crippen molar-refractivity contribution in [1.82, 2.24) is 9.88 Å². The number of rotatable bonds is 6. The molecule has 0 radical (unpaired) electrons. The van der Waals surface area contributed by atoms with Crippen molar-refractivity contribution in [2.24, 2.45) is 0 Å². The van der Waals surface area contributed by atoms with Crippen LogP contribution in [0.15, 0.2) is 60.0 Å². The predicted molar refractivity (Wildman–Crippen MR) is 108 cm³/mol. The van der Waals surface area contributed by atoms with E-state index in [9.17, 15) is 9.59 Å². The minimum absolute atomic E-state index is 0.194. The van der Waals surface area contributed by atoms with Crippen molar-refractivity contribution in [3.05, 3.63) is 71.2 Å². The zero-order valence-electron chi connectivity index (χ0n) is 15.3. The first-order valence-electron chi connectivity index (χ1n) is 8.62. The molecule has 0 saturated heterocycles. The topological polar surface area (TPSA) is 62.3 Å². The summed E-state index contributed by atoms with van der Waals surface area (Å²) >= 11 is 1.55. The quantitative estimate of drug-likeness (QED) is 0.656. The van der Waals surface area contributed by atoms with Gasteiger partial charge >= 0.3 is 0 Å². The Morgan fingerprint density at radius 1 is 1.07 bits per heavy atom. The van der Waals surface area contributed by atoms with Crippen LogP contribution in [0.25, 0.3) is 10.6 Å². The highest BCUT2D eigenvalue weighted by molar-refractivity contribution is 7.13. The SMILES string of the molecule is Cc1ccccc1NC(=O)CC(=O)N(C)Cc1csc(-c2ccccc2)n1. The van der Waals surface area contributed by atoms with Gasteiger partial charge in [-0.1, -0.05) is 48.5 Å². The molecule has 2 amide bonds. The smallest absolute Gasteiger partial charge is 0.233 e. The Morgan fingerprint density at radius 2 is 1.78 bits per heavy atom. The molecule has 1 aromatic heterocycles. The number of thiazole rings is 1. The Kier molecular flexibility index (Phi) is 5.98. The van der Waals surface area contributed by atoms with E-state index in [-0.39, 0.29) is 18.2 Å². The molecule has 0 aliphatic rings. The second-order valence-electron chi connectivity index (χ2n) is 6.30. The number of anilines is 1. The summed E-state index contributed by atoms with van der Waals surface area (Å²) in [5.74, 6) is -0.556. The van der Waals surface area contributed by atoms with Crippen LogP contribution in [0.5, 0.6) is 0 Å². The molecule has 2 aromatic carbocycles. The Balaban J connectivity index is 1.56. The zero-order chi connectivity index (χ0) is 19.2. The number of aromatic nitrogens is 1. The molecule has 5 nitrogen and oxygen atoms in total.